The van der Waals surface area contributed by atoms with E-state index in [9.17, 15) is 5.26 Å². The number of aromatic nitrogens is 3. The van der Waals surface area contributed by atoms with Gasteiger partial charge in [0.15, 0.2) is 17.5 Å². The van der Waals surface area contributed by atoms with Crippen molar-refractivity contribution in [1.82, 2.24) is 15.0 Å². The second-order valence-corrected chi connectivity index (χ2v) is 14.2. The van der Waals surface area contributed by atoms with Gasteiger partial charge in [0.25, 0.3) is 0 Å². The molecule has 0 aliphatic heterocycles. The van der Waals surface area contributed by atoms with Crippen molar-refractivity contribution in [2.45, 2.75) is 5.41 Å². The van der Waals surface area contributed by atoms with Crippen molar-refractivity contribution in [3.63, 3.8) is 0 Å². The van der Waals surface area contributed by atoms with Crippen molar-refractivity contribution in [3.8, 4) is 73.6 Å². The highest BCUT2D eigenvalue weighted by molar-refractivity contribution is 6.02. The summed E-state index contributed by atoms with van der Waals surface area (Å²) >= 11 is 0. The van der Waals surface area contributed by atoms with Crippen molar-refractivity contribution >= 4 is 10.8 Å². The quantitative estimate of drug-likeness (QED) is 0.184. The second kappa shape index (κ2) is 12.0. The van der Waals surface area contributed by atoms with Crippen LogP contribution in [-0.4, -0.2) is 15.0 Å². The molecule has 0 atom stereocenters. The Morgan fingerprint density at radius 3 is 1.67 bits per heavy atom. The summed E-state index contributed by atoms with van der Waals surface area (Å²) in [6.07, 6.45) is 0. The molecule has 0 amide bonds. The van der Waals surface area contributed by atoms with Crippen molar-refractivity contribution in [1.29, 1.82) is 5.26 Å². The van der Waals surface area contributed by atoms with Crippen LogP contribution in [0, 0.1) is 11.3 Å². The van der Waals surface area contributed by atoms with Gasteiger partial charge in [-0.3, -0.25) is 0 Å². The zero-order chi connectivity index (χ0) is 36.5. The van der Waals surface area contributed by atoms with Gasteiger partial charge in [-0.15, -0.1) is 0 Å². The third-order valence-corrected chi connectivity index (χ3v) is 11.4. The first-order valence-corrected chi connectivity index (χ1v) is 18.5. The summed E-state index contributed by atoms with van der Waals surface area (Å²) in [5, 5.41) is 12.9. The monoisotopic (exact) mass is 698 g/mol. The van der Waals surface area contributed by atoms with Crippen LogP contribution in [0.25, 0.3) is 78.3 Å². The van der Waals surface area contributed by atoms with Gasteiger partial charge in [0.05, 0.1) is 17.0 Å². The van der Waals surface area contributed by atoms with Gasteiger partial charge in [0.2, 0.25) is 0 Å². The van der Waals surface area contributed by atoms with Crippen molar-refractivity contribution in [3.05, 3.63) is 210 Å². The van der Waals surface area contributed by atoms with E-state index in [0.29, 0.717) is 23.0 Å². The zero-order valence-electron chi connectivity index (χ0n) is 29.6. The summed E-state index contributed by atoms with van der Waals surface area (Å²) in [7, 11) is 0. The Labute approximate surface area is 318 Å². The van der Waals surface area contributed by atoms with Crippen LogP contribution >= 0.6 is 0 Å². The van der Waals surface area contributed by atoms with Crippen LogP contribution in [0.1, 0.15) is 27.8 Å². The van der Waals surface area contributed by atoms with E-state index >= 15 is 0 Å². The molecule has 0 bridgehead atoms. The highest BCUT2D eigenvalue weighted by atomic mass is 15.0. The fraction of sp³-hybridized carbons (Fsp3) is 0.0196. The van der Waals surface area contributed by atoms with Gasteiger partial charge in [-0.2, -0.15) is 5.26 Å². The molecule has 254 valence electrons. The van der Waals surface area contributed by atoms with Crippen molar-refractivity contribution in [2.75, 3.05) is 0 Å². The number of nitriles is 1. The number of hydrogen-bond donors (Lipinski definition) is 0. The third kappa shape index (κ3) is 4.48. The molecule has 9 aromatic rings. The number of fused-ring (bicyclic) bond motifs is 11. The number of rotatable bonds is 4. The molecule has 4 nitrogen and oxygen atoms in total. The molecule has 11 rings (SSSR count). The molecule has 1 spiro atoms. The maximum atomic E-state index is 10.6. The third-order valence-electron chi connectivity index (χ3n) is 11.4. The molecule has 0 N–H and O–H groups in total. The lowest BCUT2D eigenvalue weighted by molar-refractivity contribution is 0.793. The van der Waals surface area contributed by atoms with Crippen molar-refractivity contribution < 1.29 is 0 Å². The smallest absolute Gasteiger partial charge is 0.164 e. The van der Waals surface area contributed by atoms with E-state index < -0.39 is 5.41 Å². The molecule has 0 fully saturated rings. The zero-order valence-corrected chi connectivity index (χ0v) is 29.6. The molecule has 0 saturated carbocycles. The lowest BCUT2D eigenvalue weighted by Gasteiger charge is -2.30. The van der Waals surface area contributed by atoms with Gasteiger partial charge >= 0.3 is 0 Å². The Hall–Kier alpha value is -7.48. The predicted molar refractivity (Wildman–Crippen MR) is 220 cm³/mol. The average Bonchev–Trinajstić information content (AvgIpc) is 3.74. The van der Waals surface area contributed by atoms with Crippen LogP contribution < -0.4 is 0 Å². The first-order chi connectivity index (χ1) is 27.2. The van der Waals surface area contributed by atoms with E-state index in [0.717, 1.165) is 55.3 Å². The summed E-state index contributed by atoms with van der Waals surface area (Å²) < 4.78 is 0. The van der Waals surface area contributed by atoms with Crippen LogP contribution in [-0.2, 0) is 5.41 Å². The summed E-state index contributed by atoms with van der Waals surface area (Å²) in [5.41, 5.74) is 14.4. The van der Waals surface area contributed by atoms with E-state index in [1.165, 1.54) is 27.8 Å². The molecule has 0 radical (unpaired) electrons. The van der Waals surface area contributed by atoms with Gasteiger partial charge in [0.1, 0.15) is 0 Å². The molecule has 2 aliphatic rings. The van der Waals surface area contributed by atoms with Crippen molar-refractivity contribution in [2.24, 2.45) is 0 Å². The Kier molecular flexibility index (Phi) is 6.80. The molecule has 0 unspecified atom stereocenters. The minimum Gasteiger partial charge on any atom is -0.208 e. The molecule has 1 aromatic heterocycles. The standard InChI is InChI=1S/C51H30N4/c52-31-36-20-12-28-44-46(36)47-38(24-13-29-45(47)51(44)42-26-8-6-22-39(42)40-23-7-9-27-43(40)51)34-18-10-19-35(30-34)49-53-48(33-15-2-1-3-16-33)54-50(55-49)41-25-11-17-32-14-4-5-21-37(32)41/h1-30H. The van der Waals surface area contributed by atoms with Gasteiger partial charge in [-0.25, -0.2) is 15.0 Å². The Balaban J connectivity index is 1.14. The maximum absolute atomic E-state index is 10.6. The van der Waals surface area contributed by atoms with Gasteiger partial charge in [-0.1, -0.05) is 170 Å². The first-order valence-electron chi connectivity index (χ1n) is 18.5. The summed E-state index contributed by atoms with van der Waals surface area (Å²) in [6, 6.07) is 66.1. The highest BCUT2D eigenvalue weighted by Gasteiger charge is 2.52. The molecular formula is C51H30N4. The molecule has 55 heavy (non-hydrogen) atoms. The topological polar surface area (TPSA) is 62.5 Å². The van der Waals surface area contributed by atoms with Gasteiger partial charge in [0, 0.05) is 22.3 Å². The average molecular weight is 699 g/mol. The van der Waals surface area contributed by atoms with Crippen LogP contribution in [0.4, 0.5) is 0 Å². The predicted octanol–water partition coefficient (Wildman–Crippen LogP) is 11.9. The number of nitrogens with zero attached hydrogens (tertiary/aromatic N) is 4. The fourth-order valence-corrected chi connectivity index (χ4v) is 9.15. The fourth-order valence-electron chi connectivity index (χ4n) is 9.15. The Bertz CT molecular complexity index is 3010. The minimum atomic E-state index is -0.551. The Morgan fingerprint density at radius 1 is 0.382 bits per heavy atom. The first kappa shape index (κ1) is 31.1. The van der Waals surface area contributed by atoms with E-state index in [1.807, 2.05) is 42.5 Å². The highest BCUT2D eigenvalue weighted by Crippen LogP contribution is 2.64. The second-order valence-electron chi connectivity index (χ2n) is 14.2. The van der Waals surface area contributed by atoms with Gasteiger partial charge < -0.3 is 0 Å². The summed E-state index contributed by atoms with van der Waals surface area (Å²) in [4.78, 5) is 15.3. The van der Waals surface area contributed by atoms with E-state index in [-0.39, 0.29) is 0 Å². The van der Waals surface area contributed by atoms with E-state index in [2.05, 4.69) is 146 Å². The molecule has 4 heteroatoms. The molecule has 1 heterocycles. The number of benzene rings is 8. The van der Waals surface area contributed by atoms with Crippen LogP contribution in [0.5, 0.6) is 0 Å². The van der Waals surface area contributed by atoms with Gasteiger partial charge in [-0.05, 0) is 73.0 Å². The summed E-state index contributed by atoms with van der Waals surface area (Å²) in [6.45, 7) is 0. The SMILES string of the molecule is N#Cc1cccc2c1-c1c(-c3cccc(-c4nc(-c5ccccc5)nc(-c5cccc6ccccc56)n4)c3)cccc1C21c2ccccc2-c2ccccc21. The normalized spacial score (nSPS) is 12.9. The molecule has 0 saturated heterocycles. The van der Waals surface area contributed by atoms with E-state index in [1.54, 1.807) is 0 Å². The van der Waals surface area contributed by atoms with Crippen LogP contribution in [0.15, 0.2) is 182 Å². The lowest BCUT2D eigenvalue weighted by atomic mass is 9.70. The molecule has 2 aliphatic carbocycles. The van der Waals surface area contributed by atoms with Crippen LogP contribution in [0.2, 0.25) is 0 Å². The number of hydrogen-bond acceptors (Lipinski definition) is 4. The molecule has 8 aromatic carbocycles. The Morgan fingerprint density at radius 2 is 0.891 bits per heavy atom. The molecular weight excluding hydrogens is 669 g/mol. The van der Waals surface area contributed by atoms with E-state index in [4.69, 9.17) is 15.0 Å². The maximum Gasteiger partial charge on any atom is 0.164 e. The van der Waals surface area contributed by atoms with Crippen LogP contribution in [0.3, 0.4) is 0 Å². The minimum absolute atomic E-state index is 0.551. The lowest BCUT2D eigenvalue weighted by Crippen LogP contribution is -2.25. The summed E-state index contributed by atoms with van der Waals surface area (Å²) in [5.74, 6) is 1.84. The largest absolute Gasteiger partial charge is 0.208 e.